The van der Waals surface area contributed by atoms with Gasteiger partial charge in [0, 0.05) is 17.8 Å². The highest BCUT2D eigenvalue weighted by atomic mass is 32.2. The van der Waals surface area contributed by atoms with Gasteiger partial charge in [-0.3, -0.25) is 9.59 Å². The molecule has 3 fully saturated rings. The molecule has 4 atom stereocenters. The first-order valence-corrected chi connectivity index (χ1v) is 8.94. The third-order valence-corrected chi connectivity index (χ3v) is 6.32. The monoisotopic (exact) mass is 296 g/mol. The molecule has 0 aromatic carbocycles. The lowest BCUT2D eigenvalue weighted by Crippen LogP contribution is -2.65. The van der Waals surface area contributed by atoms with Crippen LogP contribution in [0.5, 0.6) is 0 Å². The van der Waals surface area contributed by atoms with Crippen molar-refractivity contribution < 1.29 is 9.59 Å². The van der Waals surface area contributed by atoms with Gasteiger partial charge < -0.3 is 9.80 Å². The second-order valence-electron chi connectivity index (χ2n) is 6.10. The summed E-state index contributed by atoms with van der Waals surface area (Å²) in [6.07, 6.45) is 5.25. The Balaban J connectivity index is 1.84. The number of fused-ring (bicyclic) bond motifs is 1. The first kappa shape index (κ1) is 14.2. The maximum atomic E-state index is 12.8. The second kappa shape index (κ2) is 5.58. The number of hydrogen-bond donors (Lipinski definition) is 0. The Hall–Kier alpha value is -0.710. The van der Waals surface area contributed by atoms with Crippen molar-refractivity contribution in [1.29, 1.82) is 0 Å². The molecule has 0 aromatic rings. The summed E-state index contributed by atoms with van der Waals surface area (Å²) in [4.78, 5) is 29.1. The normalized spacial score (nSPS) is 37.7. The molecule has 1 aliphatic carbocycles. The van der Waals surface area contributed by atoms with E-state index in [9.17, 15) is 9.59 Å². The van der Waals surface area contributed by atoms with Gasteiger partial charge in [0.25, 0.3) is 0 Å². The molecular formula is C15H24N2O2S. The van der Waals surface area contributed by atoms with E-state index in [0.29, 0.717) is 5.25 Å². The first-order valence-electron chi connectivity index (χ1n) is 7.89. The topological polar surface area (TPSA) is 40.6 Å². The van der Waals surface area contributed by atoms with Crippen molar-refractivity contribution in [2.75, 3.05) is 12.3 Å². The number of thioether (sulfide) groups is 1. The van der Waals surface area contributed by atoms with Crippen LogP contribution in [0.2, 0.25) is 0 Å². The van der Waals surface area contributed by atoms with Crippen LogP contribution in [0.25, 0.3) is 0 Å². The van der Waals surface area contributed by atoms with Crippen LogP contribution in [0.15, 0.2) is 0 Å². The number of carbonyl (C=O) groups is 2. The van der Waals surface area contributed by atoms with Gasteiger partial charge in [-0.25, -0.2) is 0 Å². The van der Waals surface area contributed by atoms with Gasteiger partial charge in [0.2, 0.25) is 11.8 Å². The fourth-order valence-corrected chi connectivity index (χ4v) is 5.34. The largest absolute Gasteiger partial charge is 0.329 e. The fraction of sp³-hybridized carbons (Fsp3) is 0.867. The van der Waals surface area contributed by atoms with Gasteiger partial charge in [-0.15, -0.1) is 0 Å². The van der Waals surface area contributed by atoms with Crippen molar-refractivity contribution >= 4 is 23.6 Å². The van der Waals surface area contributed by atoms with Crippen LogP contribution in [-0.4, -0.2) is 57.3 Å². The number of piperazine rings is 1. The first-order chi connectivity index (χ1) is 9.65. The molecule has 2 saturated heterocycles. The summed E-state index contributed by atoms with van der Waals surface area (Å²) in [5.41, 5.74) is 0. The smallest absolute Gasteiger partial charge is 0.246 e. The SMILES string of the molecule is CCSC1CCCC1N1C(=O)C2CCCN2C(=O)C1C. The van der Waals surface area contributed by atoms with Crippen molar-refractivity contribution in [2.45, 2.75) is 69.3 Å². The summed E-state index contributed by atoms with van der Waals surface area (Å²) in [6.45, 7) is 4.86. The summed E-state index contributed by atoms with van der Waals surface area (Å²) >= 11 is 1.95. The molecule has 5 heteroatoms. The molecule has 20 heavy (non-hydrogen) atoms. The molecular weight excluding hydrogens is 272 g/mol. The molecule has 1 saturated carbocycles. The van der Waals surface area contributed by atoms with Crippen LogP contribution in [0.3, 0.4) is 0 Å². The van der Waals surface area contributed by atoms with Crippen molar-refractivity contribution in [3.8, 4) is 0 Å². The average molecular weight is 296 g/mol. The minimum Gasteiger partial charge on any atom is -0.329 e. The number of amides is 2. The Labute approximate surface area is 125 Å². The van der Waals surface area contributed by atoms with E-state index in [1.807, 2.05) is 28.5 Å². The Kier molecular flexibility index (Phi) is 3.98. The summed E-state index contributed by atoms with van der Waals surface area (Å²) in [5, 5.41) is 0.521. The van der Waals surface area contributed by atoms with Crippen LogP contribution >= 0.6 is 11.8 Å². The Morgan fingerprint density at radius 3 is 2.70 bits per heavy atom. The summed E-state index contributed by atoms with van der Waals surface area (Å²) < 4.78 is 0. The molecule has 0 bridgehead atoms. The van der Waals surface area contributed by atoms with Crippen molar-refractivity contribution in [2.24, 2.45) is 0 Å². The van der Waals surface area contributed by atoms with Gasteiger partial charge in [0.15, 0.2) is 0 Å². The fourth-order valence-electron chi connectivity index (χ4n) is 4.09. The van der Waals surface area contributed by atoms with Crippen molar-refractivity contribution in [3.63, 3.8) is 0 Å². The molecule has 3 aliphatic rings. The minimum atomic E-state index is -0.264. The molecule has 112 valence electrons. The molecule has 2 heterocycles. The zero-order valence-electron chi connectivity index (χ0n) is 12.4. The van der Waals surface area contributed by atoms with Gasteiger partial charge in [-0.2, -0.15) is 11.8 Å². The summed E-state index contributed by atoms with van der Waals surface area (Å²) in [7, 11) is 0. The molecule has 0 spiro atoms. The van der Waals surface area contributed by atoms with E-state index in [0.717, 1.165) is 31.6 Å². The van der Waals surface area contributed by atoms with Gasteiger partial charge in [-0.1, -0.05) is 13.3 Å². The average Bonchev–Trinajstić information content (AvgIpc) is 3.06. The zero-order chi connectivity index (χ0) is 14.3. The molecule has 2 amide bonds. The summed E-state index contributed by atoms with van der Waals surface area (Å²) in [5.74, 6) is 1.46. The van der Waals surface area contributed by atoms with E-state index < -0.39 is 0 Å². The number of carbonyl (C=O) groups excluding carboxylic acids is 2. The van der Waals surface area contributed by atoms with Crippen LogP contribution < -0.4 is 0 Å². The highest BCUT2D eigenvalue weighted by Gasteiger charge is 2.50. The third kappa shape index (κ3) is 2.14. The predicted octanol–water partition coefficient (Wildman–Crippen LogP) is 1.88. The molecule has 3 rings (SSSR count). The highest BCUT2D eigenvalue weighted by molar-refractivity contribution is 7.99. The Morgan fingerprint density at radius 2 is 1.95 bits per heavy atom. The number of nitrogens with zero attached hydrogens (tertiary/aromatic N) is 2. The van der Waals surface area contributed by atoms with E-state index in [4.69, 9.17) is 0 Å². The van der Waals surface area contributed by atoms with Crippen LogP contribution in [-0.2, 0) is 9.59 Å². The lowest BCUT2D eigenvalue weighted by molar-refractivity contribution is -0.161. The number of hydrogen-bond acceptors (Lipinski definition) is 3. The second-order valence-corrected chi connectivity index (χ2v) is 7.62. The lowest BCUT2D eigenvalue weighted by Gasteiger charge is -2.45. The Bertz CT molecular complexity index is 415. The molecule has 0 aromatic heterocycles. The highest BCUT2D eigenvalue weighted by Crippen LogP contribution is 2.37. The van der Waals surface area contributed by atoms with Gasteiger partial charge in [-0.05, 0) is 38.4 Å². The van der Waals surface area contributed by atoms with Gasteiger partial charge in [0.1, 0.15) is 12.1 Å². The maximum Gasteiger partial charge on any atom is 0.246 e. The van der Waals surface area contributed by atoms with E-state index >= 15 is 0 Å². The molecule has 2 aliphatic heterocycles. The van der Waals surface area contributed by atoms with E-state index in [2.05, 4.69) is 6.92 Å². The van der Waals surface area contributed by atoms with Crippen LogP contribution in [0.4, 0.5) is 0 Å². The van der Waals surface area contributed by atoms with Crippen molar-refractivity contribution in [1.82, 2.24) is 9.80 Å². The molecule has 0 N–H and O–H groups in total. The molecule has 4 nitrogen and oxygen atoms in total. The van der Waals surface area contributed by atoms with E-state index in [1.54, 1.807) is 0 Å². The van der Waals surface area contributed by atoms with Gasteiger partial charge in [0.05, 0.1) is 0 Å². The predicted molar refractivity (Wildman–Crippen MR) is 80.6 cm³/mol. The van der Waals surface area contributed by atoms with Crippen molar-refractivity contribution in [3.05, 3.63) is 0 Å². The maximum absolute atomic E-state index is 12.8. The van der Waals surface area contributed by atoms with E-state index in [-0.39, 0.29) is 29.9 Å². The van der Waals surface area contributed by atoms with Gasteiger partial charge >= 0.3 is 0 Å². The number of rotatable bonds is 3. The molecule has 4 unspecified atom stereocenters. The summed E-state index contributed by atoms with van der Waals surface area (Å²) in [6, 6.07) is -0.152. The van der Waals surface area contributed by atoms with Crippen LogP contribution in [0.1, 0.15) is 46.0 Å². The van der Waals surface area contributed by atoms with Crippen LogP contribution in [0, 0.1) is 0 Å². The lowest BCUT2D eigenvalue weighted by atomic mass is 10.0. The van der Waals surface area contributed by atoms with E-state index in [1.165, 1.54) is 12.8 Å². The third-order valence-electron chi connectivity index (χ3n) is 5.01. The minimum absolute atomic E-state index is 0.161. The molecule has 0 radical (unpaired) electrons. The quantitative estimate of drug-likeness (QED) is 0.798. The standard InChI is InChI=1S/C15H24N2O2S/c1-3-20-13-8-4-6-11(13)17-10(2)14(18)16-9-5-7-12(16)15(17)19/h10-13H,3-9H2,1-2H3. The Morgan fingerprint density at radius 1 is 1.15 bits per heavy atom. The zero-order valence-corrected chi connectivity index (χ0v) is 13.2.